The number of hydrogen-bond donors (Lipinski definition) is 0. The van der Waals surface area contributed by atoms with E-state index in [1.807, 2.05) is 42.5 Å². The van der Waals surface area contributed by atoms with Gasteiger partial charge < -0.3 is 8.83 Å². The molecule has 2 heterocycles. The van der Waals surface area contributed by atoms with Crippen molar-refractivity contribution in [1.82, 2.24) is 0 Å². The molecule has 214 valence electrons. The molecule has 0 amide bonds. The molecule has 2 aromatic heterocycles. The zero-order valence-electron chi connectivity index (χ0n) is 38.7. The van der Waals surface area contributed by atoms with Gasteiger partial charge in [0.2, 0.25) is 0 Å². The zero-order chi connectivity index (χ0) is 43.2. The van der Waals surface area contributed by atoms with Crippen LogP contribution in [0, 0.1) is 0 Å². The molecule has 0 saturated heterocycles. The minimum atomic E-state index is -0.768. The first-order chi connectivity index (χ1) is 29.0. The summed E-state index contributed by atoms with van der Waals surface area (Å²) in [5.74, 6) is 0.604. The summed E-state index contributed by atoms with van der Waals surface area (Å²) >= 11 is 0. The summed E-state index contributed by atoms with van der Waals surface area (Å²) < 4.78 is 148. The van der Waals surface area contributed by atoms with Crippen molar-refractivity contribution in [3.05, 3.63) is 157 Å². The Hall–Kier alpha value is -6.12. The van der Waals surface area contributed by atoms with E-state index in [1.165, 1.54) is 0 Å². The molecule has 0 spiro atoms. The molecule has 2 nitrogen and oxygen atoms in total. The van der Waals surface area contributed by atoms with Crippen molar-refractivity contribution in [2.24, 2.45) is 0 Å². The Kier molecular flexibility index (Phi) is 3.11. The molecule has 0 aliphatic heterocycles. The summed E-state index contributed by atoms with van der Waals surface area (Å²) in [5, 5.41) is -0.229. The van der Waals surface area contributed by atoms with E-state index < -0.39 is 107 Å². The van der Waals surface area contributed by atoms with Gasteiger partial charge in [-0.25, -0.2) is 0 Å². The Morgan fingerprint density at radius 3 is 1.80 bits per heavy atom. The summed E-state index contributed by atoms with van der Waals surface area (Å²) in [7, 11) is 0. The van der Waals surface area contributed by atoms with Crippen molar-refractivity contribution in [2.75, 3.05) is 0 Å². The lowest BCUT2D eigenvalue weighted by molar-refractivity contribution is 0.628. The smallest absolute Gasteiger partial charge is 0.139 e. The fraction of sp³-hybridized carbons (Fsp3) is 0. The lowest BCUT2D eigenvalue weighted by Crippen LogP contribution is -1.92. The molecule has 8 aromatic carbocycles. The number of rotatable bonds is 3. The van der Waals surface area contributed by atoms with Crippen LogP contribution in [0.1, 0.15) is 20.6 Å². The van der Waals surface area contributed by atoms with Gasteiger partial charge in [0.05, 0.1) is 20.6 Å². The largest absolute Gasteiger partial charge is 0.456 e. The van der Waals surface area contributed by atoms with Crippen LogP contribution >= 0.6 is 0 Å². The van der Waals surface area contributed by atoms with Crippen LogP contribution < -0.4 is 0 Å². The van der Waals surface area contributed by atoms with Gasteiger partial charge in [0.15, 0.2) is 0 Å². The molecule has 0 fully saturated rings. The van der Waals surface area contributed by atoms with Crippen LogP contribution in [0.5, 0.6) is 0 Å². The Balaban J connectivity index is 1.47. The van der Waals surface area contributed by atoms with Crippen molar-refractivity contribution in [3.63, 3.8) is 0 Å². The lowest BCUT2D eigenvalue weighted by atomic mass is 9.84. The average Bonchev–Trinajstić information content (AvgIpc) is 3.85. The molecular weight excluding hydrogens is 560 g/mol. The van der Waals surface area contributed by atoms with Crippen LogP contribution in [0.4, 0.5) is 0 Å². The van der Waals surface area contributed by atoms with E-state index in [2.05, 4.69) is 0 Å². The van der Waals surface area contributed by atoms with Crippen LogP contribution in [0.3, 0.4) is 0 Å². The van der Waals surface area contributed by atoms with Gasteiger partial charge in [0.1, 0.15) is 22.5 Å². The Labute approximate surface area is 285 Å². The molecule has 2 heteroatoms. The predicted molar refractivity (Wildman–Crippen MR) is 192 cm³/mol. The maximum atomic E-state index is 9.47. The number of fused-ring (bicyclic) bond motifs is 7. The SMILES string of the molecule is [2H]c1c([2H])c([2H])c2c(-c3c4c([2H])c([2H])c([2H])c([2H])c4c(-c4cccc5oc6cc7oc(-c8ccccc8)cc7cc6c45)c4c([2H])c([2H])c([2H])c([2H])c34)c([2H])c([2H])c([2H])c2c1[2H]. The number of hydrogen-bond acceptors (Lipinski definition) is 2. The minimum absolute atomic E-state index is 0.0146. The normalized spacial score (nSPS) is 16.5. The van der Waals surface area contributed by atoms with Crippen molar-refractivity contribution < 1.29 is 29.4 Å². The van der Waals surface area contributed by atoms with Crippen molar-refractivity contribution >= 4 is 65.2 Å². The van der Waals surface area contributed by atoms with Gasteiger partial charge >= 0.3 is 0 Å². The molecule has 0 saturated carbocycles. The third kappa shape index (κ3) is 3.65. The first kappa shape index (κ1) is 14.8. The van der Waals surface area contributed by atoms with Gasteiger partial charge in [0.25, 0.3) is 0 Å². The van der Waals surface area contributed by atoms with E-state index in [9.17, 15) is 6.85 Å². The second-order valence-corrected chi connectivity index (χ2v) is 10.9. The predicted octanol–water partition coefficient (Wildman–Crippen LogP) is 12.8. The fourth-order valence-corrected chi connectivity index (χ4v) is 6.46. The van der Waals surface area contributed by atoms with Gasteiger partial charge in [-0.15, -0.1) is 0 Å². The van der Waals surface area contributed by atoms with E-state index >= 15 is 0 Å². The van der Waals surface area contributed by atoms with Crippen molar-refractivity contribution in [1.29, 1.82) is 0 Å². The van der Waals surface area contributed by atoms with Crippen LogP contribution in [0.2, 0.25) is 0 Å². The second kappa shape index (κ2) is 9.69. The van der Waals surface area contributed by atoms with E-state index in [0.29, 0.717) is 38.7 Å². The second-order valence-electron chi connectivity index (χ2n) is 10.9. The zero-order valence-corrected chi connectivity index (χ0v) is 23.7. The van der Waals surface area contributed by atoms with Crippen LogP contribution in [-0.4, -0.2) is 0 Å². The molecule has 0 aliphatic carbocycles. The highest BCUT2D eigenvalue weighted by Gasteiger charge is 2.21. The van der Waals surface area contributed by atoms with Gasteiger partial charge in [-0.2, -0.15) is 0 Å². The molecule has 0 atom stereocenters. The van der Waals surface area contributed by atoms with Crippen molar-refractivity contribution in [3.8, 4) is 33.6 Å². The molecule has 0 N–H and O–H groups in total. The summed E-state index contributed by atoms with van der Waals surface area (Å²) in [6, 6.07) is 9.52. The Bertz CT molecular complexity index is 3560. The summed E-state index contributed by atoms with van der Waals surface area (Å²) in [5.41, 5.74) is 1.54. The summed E-state index contributed by atoms with van der Waals surface area (Å²) in [6.45, 7) is 0. The minimum Gasteiger partial charge on any atom is -0.456 e. The van der Waals surface area contributed by atoms with Crippen LogP contribution in [0.15, 0.2) is 166 Å². The quantitative estimate of drug-likeness (QED) is 0.188. The van der Waals surface area contributed by atoms with E-state index in [4.69, 9.17) is 22.5 Å². The number of benzene rings is 8. The van der Waals surface area contributed by atoms with E-state index in [0.717, 1.165) is 5.56 Å². The molecule has 0 radical (unpaired) electrons. The standard InChI is InChI=1S/C44H26O2/c1-2-13-28(14-3-1)39-25-29-24-37-41(26-40(29)46-39)45-38-23-11-22-36(44(37)38)43-34-19-8-6-17-32(34)42(33-18-7-9-20-35(33)43)31-21-10-15-27-12-4-5-16-30(27)31/h1-26H/i4D,5D,6D,7D,8D,9D,10D,12D,15D,16D,17D,18D,19D,20D,21D. The first-order valence-electron chi connectivity index (χ1n) is 22.0. The maximum absolute atomic E-state index is 9.47. The highest BCUT2D eigenvalue weighted by Crippen LogP contribution is 2.48. The third-order valence-corrected chi connectivity index (χ3v) is 8.40. The molecule has 0 aliphatic rings. The molecule has 0 unspecified atom stereocenters. The highest BCUT2D eigenvalue weighted by atomic mass is 16.3. The molecule has 10 aromatic rings. The Morgan fingerprint density at radius 1 is 0.413 bits per heavy atom. The van der Waals surface area contributed by atoms with Crippen molar-refractivity contribution in [2.45, 2.75) is 0 Å². The molecule has 10 rings (SSSR count). The van der Waals surface area contributed by atoms with Gasteiger partial charge in [-0.1, -0.05) is 133 Å². The molecular formula is C44H26O2. The van der Waals surface area contributed by atoms with E-state index in [-0.39, 0.29) is 38.2 Å². The Morgan fingerprint density at radius 2 is 1.07 bits per heavy atom. The highest BCUT2D eigenvalue weighted by molar-refractivity contribution is 6.27. The average molecular weight is 602 g/mol. The molecule has 46 heavy (non-hydrogen) atoms. The van der Waals surface area contributed by atoms with Crippen LogP contribution in [-0.2, 0) is 0 Å². The third-order valence-electron chi connectivity index (χ3n) is 8.40. The van der Waals surface area contributed by atoms with E-state index in [1.54, 1.807) is 24.3 Å². The lowest BCUT2D eigenvalue weighted by Gasteiger charge is -2.19. The molecule has 0 bridgehead atoms. The van der Waals surface area contributed by atoms with Crippen LogP contribution in [0.25, 0.3) is 98.8 Å². The van der Waals surface area contributed by atoms with Gasteiger partial charge in [-0.05, 0) is 72.8 Å². The van der Waals surface area contributed by atoms with Gasteiger partial charge in [-0.3, -0.25) is 0 Å². The maximum Gasteiger partial charge on any atom is 0.139 e. The number of furan rings is 2. The topological polar surface area (TPSA) is 26.3 Å². The fourth-order valence-electron chi connectivity index (χ4n) is 6.46. The monoisotopic (exact) mass is 601 g/mol. The summed E-state index contributed by atoms with van der Waals surface area (Å²) in [4.78, 5) is 0. The first-order valence-corrected chi connectivity index (χ1v) is 14.5. The van der Waals surface area contributed by atoms with Gasteiger partial charge in [0, 0.05) is 27.8 Å². The summed E-state index contributed by atoms with van der Waals surface area (Å²) in [6.07, 6.45) is 0.